The smallest absolute Gasteiger partial charge is 0.324 e. The minimum absolute atomic E-state index is 0.0672. The summed E-state index contributed by atoms with van der Waals surface area (Å²) in [4.78, 5) is 31.8. The van der Waals surface area contributed by atoms with Crippen LogP contribution >= 0.6 is 0 Å². The van der Waals surface area contributed by atoms with Gasteiger partial charge in [0.2, 0.25) is 5.95 Å². The zero-order valence-corrected chi connectivity index (χ0v) is 21.7. The molecular formula is C28H27F3N8O. The summed E-state index contributed by atoms with van der Waals surface area (Å²) >= 11 is 0. The van der Waals surface area contributed by atoms with E-state index >= 15 is 0 Å². The number of alkyl halides is 3. The lowest BCUT2D eigenvalue weighted by atomic mass is 10.0. The average molecular weight is 549 g/mol. The summed E-state index contributed by atoms with van der Waals surface area (Å²) in [6.45, 7) is 4.87. The molecule has 0 bridgehead atoms. The summed E-state index contributed by atoms with van der Waals surface area (Å²) < 4.78 is 41.7. The van der Waals surface area contributed by atoms with Crippen molar-refractivity contribution in [2.24, 2.45) is 0 Å². The Morgan fingerprint density at radius 2 is 1.82 bits per heavy atom. The molecule has 1 fully saturated rings. The Morgan fingerprint density at radius 1 is 1.05 bits per heavy atom. The molecule has 2 aromatic carbocycles. The highest BCUT2D eigenvalue weighted by molar-refractivity contribution is 6.05. The molecule has 2 aromatic heterocycles. The van der Waals surface area contributed by atoms with Gasteiger partial charge in [-0.2, -0.15) is 13.2 Å². The lowest BCUT2D eigenvalue weighted by Crippen LogP contribution is -2.43. The molecule has 0 unspecified atom stereocenters. The predicted octanol–water partition coefficient (Wildman–Crippen LogP) is 4.66. The first-order chi connectivity index (χ1) is 19.3. The number of benzene rings is 2. The van der Waals surface area contributed by atoms with E-state index in [4.69, 9.17) is 0 Å². The van der Waals surface area contributed by atoms with Crippen molar-refractivity contribution in [2.45, 2.75) is 19.6 Å². The minimum Gasteiger partial charge on any atom is -0.324 e. The quantitative estimate of drug-likeness (QED) is 0.306. The van der Waals surface area contributed by atoms with Crippen LogP contribution in [0.25, 0.3) is 11.3 Å². The highest BCUT2D eigenvalue weighted by atomic mass is 19.4. The molecule has 0 radical (unpaired) electrons. The van der Waals surface area contributed by atoms with E-state index in [9.17, 15) is 18.0 Å². The molecular weight excluding hydrogens is 521 g/mol. The average Bonchev–Trinajstić information content (AvgIpc) is 2.95. The Balaban J connectivity index is 1.33. The normalized spacial score (nSPS) is 14.1. The number of hydrogen-bond donors (Lipinski definition) is 3. The fourth-order valence-corrected chi connectivity index (χ4v) is 4.40. The molecule has 9 nitrogen and oxygen atoms in total. The molecule has 0 saturated carbocycles. The van der Waals surface area contributed by atoms with E-state index in [1.165, 1.54) is 18.5 Å². The number of anilines is 3. The molecule has 1 aliphatic rings. The maximum atomic E-state index is 13.9. The number of aryl methyl sites for hydroxylation is 1. The maximum Gasteiger partial charge on any atom is 0.416 e. The van der Waals surface area contributed by atoms with Crippen molar-refractivity contribution in [3.63, 3.8) is 0 Å². The van der Waals surface area contributed by atoms with Gasteiger partial charge in [-0.1, -0.05) is 12.1 Å². The molecule has 1 aliphatic heterocycles. The Morgan fingerprint density at radius 3 is 2.58 bits per heavy atom. The molecule has 0 aliphatic carbocycles. The summed E-state index contributed by atoms with van der Waals surface area (Å²) in [5.41, 5.74) is 2.49. The third-order valence-corrected chi connectivity index (χ3v) is 6.53. The first kappa shape index (κ1) is 27.2. The highest BCUT2D eigenvalue weighted by Crippen LogP contribution is 2.35. The number of piperazine rings is 1. The Kier molecular flexibility index (Phi) is 7.99. The fraction of sp³-hybridized carbons (Fsp3) is 0.250. The van der Waals surface area contributed by atoms with Gasteiger partial charge >= 0.3 is 6.18 Å². The van der Waals surface area contributed by atoms with Crippen molar-refractivity contribution in [3.05, 3.63) is 89.6 Å². The van der Waals surface area contributed by atoms with Crippen LogP contribution in [0, 0.1) is 6.92 Å². The summed E-state index contributed by atoms with van der Waals surface area (Å²) in [7, 11) is 0. The second-order valence-electron chi connectivity index (χ2n) is 9.40. The number of amides is 1. The Bertz CT molecular complexity index is 1490. The van der Waals surface area contributed by atoms with Crippen LogP contribution in [0.1, 0.15) is 27.0 Å². The second-order valence-corrected chi connectivity index (χ2v) is 9.40. The first-order valence-electron chi connectivity index (χ1n) is 12.7. The highest BCUT2D eigenvalue weighted by Gasteiger charge is 2.34. The van der Waals surface area contributed by atoms with E-state index in [1.54, 1.807) is 42.9 Å². The largest absolute Gasteiger partial charge is 0.416 e. The summed E-state index contributed by atoms with van der Waals surface area (Å²) in [5, 5.41) is 8.92. The first-order valence-corrected chi connectivity index (χ1v) is 12.7. The van der Waals surface area contributed by atoms with Gasteiger partial charge in [-0.25, -0.2) is 19.9 Å². The van der Waals surface area contributed by atoms with Crippen LogP contribution in [0.3, 0.4) is 0 Å². The molecule has 206 valence electrons. The standard InChI is InChI=1S/C28H27F3N8O/c1-18-2-3-19(12-25(18)38-27-35-7-6-24(37-27)21-14-33-17-34-15-21)26(40)36-22-5-4-20(23(13-22)28(29,30)31)16-39-10-8-32-9-11-39/h2-7,12-15,17,32H,8-11,16H2,1H3,(H,36,40)(H,35,37,38). The third kappa shape index (κ3) is 6.58. The van der Waals surface area contributed by atoms with Gasteiger partial charge in [0, 0.05) is 73.8 Å². The van der Waals surface area contributed by atoms with Gasteiger partial charge < -0.3 is 16.0 Å². The van der Waals surface area contributed by atoms with Crippen LogP contribution in [0.2, 0.25) is 0 Å². The molecule has 0 spiro atoms. The SMILES string of the molecule is Cc1ccc(C(=O)Nc2ccc(CN3CCNCC3)c(C(F)(F)F)c2)cc1Nc1nccc(-c2cncnc2)n1. The van der Waals surface area contributed by atoms with E-state index in [-0.39, 0.29) is 23.4 Å². The lowest BCUT2D eigenvalue weighted by Gasteiger charge is -2.28. The van der Waals surface area contributed by atoms with Crippen LogP contribution < -0.4 is 16.0 Å². The molecule has 5 rings (SSSR count). The molecule has 40 heavy (non-hydrogen) atoms. The van der Waals surface area contributed by atoms with Gasteiger partial charge in [-0.15, -0.1) is 0 Å². The van der Waals surface area contributed by atoms with Gasteiger partial charge in [0.15, 0.2) is 0 Å². The van der Waals surface area contributed by atoms with E-state index < -0.39 is 17.6 Å². The maximum absolute atomic E-state index is 13.9. The van der Waals surface area contributed by atoms with Gasteiger partial charge in [0.05, 0.1) is 11.3 Å². The van der Waals surface area contributed by atoms with Crippen molar-refractivity contribution in [3.8, 4) is 11.3 Å². The molecule has 3 N–H and O–H groups in total. The van der Waals surface area contributed by atoms with E-state index in [0.29, 0.717) is 30.4 Å². The number of halogens is 3. The summed E-state index contributed by atoms with van der Waals surface area (Å²) in [5.74, 6) is -0.237. The van der Waals surface area contributed by atoms with Crippen molar-refractivity contribution >= 4 is 23.2 Å². The number of rotatable bonds is 7. The molecule has 4 aromatic rings. The molecule has 12 heteroatoms. The predicted molar refractivity (Wildman–Crippen MR) is 145 cm³/mol. The Hall–Kier alpha value is -4.42. The van der Waals surface area contributed by atoms with Crippen molar-refractivity contribution < 1.29 is 18.0 Å². The summed E-state index contributed by atoms with van der Waals surface area (Å²) in [6.07, 6.45) is 1.74. The van der Waals surface area contributed by atoms with E-state index in [2.05, 4.69) is 35.9 Å². The number of nitrogens with one attached hydrogen (secondary N) is 3. The Labute approximate surface area is 228 Å². The van der Waals surface area contributed by atoms with Crippen LogP contribution in [0.5, 0.6) is 0 Å². The molecule has 1 saturated heterocycles. The number of carbonyl (C=O) groups excluding carboxylic acids is 1. The fourth-order valence-electron chi connectivity index (χ4n) is 4.40. The molecule has 3 heterocycles. The van der Waals surface area contributed by atoms with Gasteiger partial charge in [0.25, 0.3) is 5.91 Å². The zero-order chi connectivity index (χ0) is 28.1. The van der Waals surface area contributed by atoms with Gasteiger partial charge in [0.1, 0.15) is 6.33 Å². The van der Waals surface area contributed by atoms with Crippen LogP contribution in [-0.4, -0.2) is 56.9 Å². The summed E-state index contributed by atoms with van der Waals surface area (Å²) in [6, 6.07) is 10.6. The molecule has 1 amide bonds. The number of hydrogen-bond acceptors (Lipinski definition) is 8. The number of carbonyl (C=O) groups is 1. The van der Waals surface area contributed by atoms with Crippen molar-refractivity contribution in [2.75, 3.05) is 36.8 Å². The number of nitrogens with zero attached hydrogens (tertiary/aromatic N) is 5. The van der Waals surface area contributed by atoms with E-state index in [1.807, 2.05) is 11.8 Å². The van der Waals surface area contributed by atoms with Crippen molar-refractivity contribution in [1.29, 1.82) is 0 Å². The van der Waals surface area contributed by atoms with Crippen LogP contribution in [-0.2, 0) is 12.7 Å². The van der Waals surface area contributed by atoms with Gasteiger partial charge in [-0.3, -0.25) is 9.69 Å². The zero-order valence-electron chi connectivity index (χ0n) is 21.7. The van der Waals surface area contributed by atoms with Gasteiger partial charge in [-0.05, 0) is 48.4 Å². The monoisotopic (exact) mass is 548 g/mol. The number of aromatic nitrogens is 4. The van der Waals surface area contributed by atoms with Crippen LogP contribution in [0.15, 0.2) is 67.4 Å². The second kappa shape index (κ2) is 11.8. The lowest BCUT2D eigenvalue weighted by molar-refractivity contribution is -0.138. The third-order valence-electron chi connectivity index (χ3n) is 6.53. The van der Waals surface area contributed by atoms with E-state index in [0.717, 1.165) is 30.3 Å². The van der Waals surface area contributed by atoms with Crippen LogP contribution in [0.4, 0.5) is 30.5 Å². The molecule has 0 atom stereocenters. The topological polar surface area (TPSA) is 108 Å². The van der Waals surface area contributed by atoms with Crippen molar-refractivity contribution in [1.82, 2.24) is 30.2 Å². The minimum atomic E-state index is -4.55.